The van der Waals surface area contributed by atoms with E-state index in [1.807, 2.05) is 0 Å². The molecular weight excluding hydrogens is 355 g/mol. The van der Waals surface area contributed by atoms with Crippen molar-refractivity contribution < 1.29 is 28.3 Å². The molecule has 0 aromatic heterocycles. The summed E-state index contributed by atoms with van der Waals surface area (Å²) in [4.78, 5) is 46.7. The molecule has 2 rings (SSSR count). The molecule has 0 aliphatic heterocycles. The topological polar surface area (TPSA) is 102 Å². The van der Waals surface area contributed by atoms with Crippen molar-refractivity contribution >= 4 is 23.6 Å². The number of carbonyl (C=O) groups is 4. The van der Waals surface area contributed by atoms with Gasteiger partial charge in [-0.3, -0.25) is 30.0 Å². The zero-order valence-corrected chi connectivity index (χ0v) is 14.2. The Kier molecular flexibility index (Phi) is 7.18. The van der Waals surface area contributed by atoms with Gasteiger partial charge in [-0.05, 0) is 36.4 Å². The van der Waals surface area contributed by atoms with Crippen LogP contribution in [0.2, 0.25) is 0 Å². The van der Waals surface area contributed by atoms with E-state index >= 15 is 0 Å². The minimum atomic E-state index is -0.741. The summed E-state index contributed by atoms with van der Waals surface area (Å²) >= 11 is 0. The van der Waals surface area contributed by atoms with Crippen molar-refractivity contribution in [2.24, 2.45) is 0 Å². The number of esters is 1. The summed E-state index contributed by atoms with van der Waals surface area (Å²) in [6.45, 7) is -0.599. The largest absolute Gasteiger partial charge is 0.455 e. The van der Waals surface area contributed by atoms with Crippen LogP contribution in [0.5, 0.6) is 0 Å². The molecule has 0 spiro atoms. The van der Waals surface area contributed by atoms with Crippen LogP contribution >= 0.6 is 0 Å². The summed E-state index contributed by atoms with van der Waals surface area (Å²) < 4.78 is 17.5. The van der Waals surface area contributed by atoms with E-state index in [0.717, 1.165) is 12.1 Å². The lowest BCUT2D eigenvalue weighted by Gasteiger charge is -2.08. The van der Waals surface area contributed by atoms with E-state index in [1.165, 1.54) is 12.1 Å². The molecule has 8 heteroatoms. The Balaban J connectivity index is 1.66. The highest BCUT2D eigenvalue weighted by atomic mass is 19.1. The number of ether oxygens (including phenoxy) is 1. The van der Waals surface area contributed by atoms with E-state index in [4.69, 9.17) is 4.74 Å². The van der Waals surface area contributed by atoms with Gasteiger partial charge in [0.05, 0.1) is 6.42 Å². The maximum atomic E-state index is 12.8. The minimum absolute atomic E-state index is 0.128. The molecule has 2 aromatic carbocycles. The Morgan fingerprint density at radius 3 is 2.15 bits per heavy atom. The molecule has 0 heterocycles. The molecule has 7 nitrogen and oxygen atoms in total. The molecule has 27 heavy (non-hydrogen) atoms. The first-order valence-electron chi connectivity index (χ1n) is 8.04. The smallest absolute Gasteiger partial charge is 0.306 e. The van der Waals surface area contributed by atoms with Crippen molar-refractivity contribution in [1.29, 1.82) is 0 Å². The first kappa shape index (κ1) is 19.8. The zero-order chi connectivity index (χ0) is 19.6. The lowest BCUT2D eigenvalue weighted by Crippen LogP contribution is -2.43. The maximum Gasteiger partial charge on any atom is 0.306 e. The number of nitrogens with one attached hydrogen (secondary N) is 2. The van der Waals surface area contributed by atoms with Crippen LogP contribution in [0.25, 0.3) is 0 Å². The molecule has 140 valence electrons. The number of hydrazine groups is 1. The summed E-state index contributed by atoms with van der Waals surface area (Å²) in [5, 5.41) is 0. The molecule has 0 saturated carbocycles. The van der Waals surface area contributed by atoms with Crippen LogP contribution in [0.4, 0.5) is 4.39 Å². The number of hydrogen-bond donors (Lipinski definition) is 2. The molecular formula is C19H17FN2O5. The number of halogens is 1. The molecule has 2 aromatic rings. The van der Waals surface area contributed by atoms with Crippen molar-refractivity contribution in [2.75, 3.05) is 6.61 Å². The van der Waals surface area contributed by atoms with E-state index in [0.29, 0.717) is 5.56 Å². The van der Waals surface area contributed by atoms with Gasteiger partial charge in [0.15, 0.2) is 12.4 Å². The van der Waals surface area contributed by atoms with Crippen LogP contribution in [0, 0.1) is 5.82 Å². The van der Waals surface area contributed by atoms with Gasteiger partial charge < -0.3 is 4.74 Å². The fourth-order valence-electron chi connectivity index (χ4n) is 2.04. The molecule has 0 bridgehead atoms. The average molecular weight is 372 g/mol. The highest BCUT2D eigenvalue weighted by molar-refractivity contribution is 5.97. The second-order valence-electron chi connectivity index (χ2n) is 5.46. The van der Waals surface area contributed by atoms with Gasteiger partial charge in [-0.25, -0.2) is 4.39 Å². The third-order valence-corrected chi connectivity index (χ3v) is 3.44. The van der Waals surface area contributed by atoms with Crippen molar-refractivity contribution in [1.82, 2.24) is 10.9 Å². The molecule has 0 aliphatic carbocycles. The number of hydrogen-bond acceptors (Lipinski definition) is 5. The monoisotopic (exact) mass is 372 g/mol. The molecule has 0 fully saturated rings. The highest BCUT2D eigenvalue weighted by Gasteiger charge is 2.13. The minimum Gasteiger partial charge on any atom is -0.455 e. The summed E-state index contributed by atoms with van der Waals surface area (Å²) in [6.07, 6.45) is -0.351. The van der Waals surface area contributed by atoms with Crippen molar-refractivity contribution in [2.45, 2.75) is 12.8 Å². The van der Waals surface area contributed by atoms with Gasteiger partial charge in [0, 0.05) is 17.5 Å². The zero-order valence-electron chi connectivity index (χ0n) is 14.2. The number of amides is 2. The Bertz CT molecular complexity index is 822. The Morgan fingerprint density at radius 1 is 0.815 bits per heavy atom. The second-order valence-corrected chi connectivity index (χ2v) is 5.46. The maximum absolute atomic E-state index is 12.8. The van der Waals surface area contributed by atoms with Gasteiger partial charge >= 0.3 is 5.97 Å². The normalized spacial score (nSPS) is 9.96. The van der Waals surface area contributed by atoms with Gasteiger partial charge in [-0.2, -0.15) is 0 Å². The number of carbonyl (C=O) groups excluding carboxylic acids is 4. The highest BCUT2D eigenvalue weighted by Crippen LogP contribution is 2.07. The number of rotatable bonds is 7. The first-order chi connectivity index (χ1) is 13.0. The van der Waals surface area contributed by atoms with Crippen LogP contribution in [0.3, 0.4) is 0 Å². The van der Waals surface area contributed by atoms with E-state index in [1.54, 1.807) is 30.3 Å². The third kappa shape index (κ3) is 6.69. The number of ketones is 1. The van der Waals surface area contributed by atoms with Gasteiger partial charge in [0.2, 0.25) is 0 Å². The quantitative estimate of drug-likeness (QED) is 0.438. The second kappa shape index (κ2) is 9.81. The first-order valence-corrected chi connectivity index (χ1v) is 8.04. The van der Waals surface area contributed by atoms with Crippen LogP contribution in [-0.2, 0) is 14.3 Å². The van der Waals surface area contributed by atoms with E-state index < -0.39 is 30.2 Å². The molecule has 2 N–H and O–H groups in total. The summed E-state index contributed by atoms with van der Waals surface area (Å²) in [6, 6.07) is 13.2. The third-order valence-electron chi connectivity index (χ3n) is 3.44. The molecule has 0 unspecified atom stereocenters. The summed E-state index contributed by atoms with van der Waals surface area (Å²) in [7, 11) is 0. The van der Waals surface area contributed by atoms with Gasteiger partial charge in [-0.1, -0.05) is 18.2 Å². The predicted molar refractivity (Wildman–Crippen MR) is 93.0 cm³/mol. The fourth-order valence-corrected chi connectivity index (χ4v) is 2.04. The Hall–Kier alpha value is -3.55. The van der Waals surface area contributed by atoms with Crippen molar-refractivity contribution in [3.8, 4) is 0 Å². The van der Waals surface area contributed by atoms with Gasteiger partial charge in [-0.15, -0.1) is 0 Å². The van der Waals surface area contributed by atoms with Crippen LogP contribution in [0.1, 0.15) is 33.6 Å². The van der Waals surface area contributed by atoms with Crippen LogP contribution < -0.4 is 10.9 Å². The average Bonchev–Trinajstić information content (AvgIpc) is 2.69. The lowest BCUT2D eigenvalue weighted by atomic mass is 10.1. The molecule has 2 amide bonds. The standard InChI is InChI=1S/C19H17FN2O5/c20-15-8-6-13(7-9-15)16(23)10-11-18(25)27-12-17(24)21-22-19(26)14-4-2-1-3-5-14/h1-9H,10-12H2,(H,21,24)(H,22,26). The number of Topliss-reactive ketones (excluding diaryl/α,β-unsaturated/α-hetero) is 1. The lowest BCUT2D eigenvalue weighted by molar-refractivity contribution is -0.148. The molecule has 0 radical (unpaired) electrons. The summed E-state index contributed by atoms with van der Waals surface area (Å²) in [5.41, 5.74) is 4.94. The van der Waals surface area contributed by atoms with Gasteiger partial charge in [0.1, 0.15) is 5.82 Å². The van der Waals surface area contributed by atoms with Crippen LogP contribution in [0.15, 0.2) is 54.6 Å². The van der Waals surface area contributed by atoms with Crippen LogP contribution in [-0.4, -0.2) is 30.2 Å². The van der Waals surface area contributed by atoms with Gasteiger partial charge in [0.25, 0.3) is 11.8 Å². The Morgan fingerprint density at radius 2 is 1.48 bits per heavy atom. The molecule has 0 saturated heterocycles. The molecule has 0 atom stereocenters. The summed E-state index contributed by atoms with van der Waals surface area (Å²) in [5.74, 6) is -2.78. The van der Waals surface area contributed by atoms with E-state index in [-0.39, 0.29) is 24.2 Å². The predicted octanol–water partition coefficient (Wildman–Crippen LogP) is 1.79. The van der Waals surface area contributed by atoms with Crippen molar-refractivity contribution in [3.63, 3.8) is 0 Å². The van der Waals surface area contributed by atoms with E-state index in [9.17, 15) is 23.6 Å². The molecule has 0 aliphatic rings. The Labute approximate surface area is 154 Å². The number of benzene rings is 2. The SMILES string of the molecule is O=C(COC(=O)CCC(=O)c1ccc(F)cc1)NNC(=O)c1ccccc1. The van der Waals surface area contributed by atoms with Crippen molar-refractivity contribution in [3.05, 3.63) is 71.5 Å². The fraction of sp³-hybridized carbons (Fsp3) is 0.158. The van der Waals surface area contributed by atoms with E-state index in [2.05, 4.69) is 10.9 Å².